The van der Waals surface area contributed by atoms with Gasteiger partial charge in [0.1, 0.15) is 33.7 Å². The van der Waals surface area contributed by atoms with Crippen LogP contribution in [-0.2, 0) is 13.6 Å². The highest BCUT2D eigenvalue weighted by atomic mass is 79.9. The van der Waals surface area contributed by atoms with Gasteiger partial charge >= 0.3 is 0 Å². The minimum Gasteiger partial charge on any atom is -0.497 e. The maximum Gasteiger partial charge on any atom is 0.158 e. The molecule has 0 aliphatic rings. The molecule has 0 bridgehead atoms. The fraction of sp³-hybridized carbons (Fsp3) is 0.263. The molecule has 4 aromatic rings. The highest BCUT2D eigenvalue weighted by Gasteiger charge is 2.21. The Bertz CT molecular complexity index is 1130. The summed E-state index contributed by atoms with van der Waals surface area (Å²) in [5, 5.41) is 8.71. The molecule has 144 valence electrons. The van der Waals surface area contributed by atoms with E-state index in [4.69, 9.17) is 9.72 Å². The summed E-state index contributed by atoms with van der Waals surface area (Å²) in [5.74, 6) is 2.44. The minimum absolute atomic E-state index is 0.689. The summed E-state index contributed by atoms with van der Waals surface area (Å²) in [7, 11) is 5.56. The first-order valence-electron chi connectivity index (χ1n) is 8.72. The summed E-state index contributed by atoms with van der Waals surface area (Å²) < 4.78 is 9.69. The summed E-state index contributed by atoms with van der Waals surface area (Å²) in [6, 6.07) is 8.02. The lowest BCUT2D eigenvalue weighted by Gasteiger charge is -2.19. The first-order valence-corrected chi connectivity index (χ1v) is 9.51. The fourth-order valence-electron chi connectivity index (χ4n) is 3.19. The number of halogens is 1. The van der Waals surface area contributed by atoms with Crippen molar-refractivity contribution < 1.29 is 4.74 Å². The maximum atomic E-state index is 5.24. The number of hydrogen-bond acceptors (Lipinski definition) is 6. The van der Waals surface area contributed by atoms with Gasteiger partial charge in [-0.15, -0.1) is 0 Å². The van der Waals surface area contributed by atoms with E-state index in [-0.39, 0.29) is 0 Å². The maximum absolute atomic E-state index is 5.24. The summed E-state index contributed by atoms with van der Waals surface area (Å²) >= 11 is 3.60. The third kappa shape index (κ3) is 3.11. The van der Waals surface area contributed by atoms with Crippen LogP contribution in [0.5, 0.6) is 5.75 Å². The number of imidazole rings is 1. The number of methoxy groups -OCH3 is 1. The van der Waals surface area contributed by atoms with Gasteiger partial charge in [-0.05, 0) is 40.5 Å². The molecule has 3 aromatic heterocycles. The van der Waals surface area contributed by atoms with Crippen molar-refractivity contribution in [1.29, 1.82) is 0 Å². The predicted octanol–water partition coefficient (Wildman–Crippen LogP) is 3.24. The number of ether oxygens (including phenoxy) is 1. The Balaban J connectivity index is 1.79. The molecule has 0 saturated heterocycles. The van der Waals surface area contributed by atoms with Gasteiger partial charge in [-0.2, -0.15) is 10.2 Å². The normalized spacial score (nSPS) is 11.2. The molecule has 9 heteroatoms. The van der Waals surface area contributed by atoms with Gasteiger partial charge in [0, 0.05) is 20.6 Å². The summed E-state index contributed by atoms with van der Waals surface area (Å²) in [4.78, 5) is 11.4. The standard InChI is InChI=1S/C19H20BrN7O/c1-12-24-16(15-9-22-26(3)18(15)20)17-19(21-11-23-27(12)17)25(2)10-13-5-7-14(28-4)8-6-13/h5-9,11H,10H2,1-4H3. The topological polar surface area (TPSA) is 73.4 Å². The first kappa shape index (κ1) is 18.4. The smallest absolute Gasteiger partial charge is 0.158 e. The van der Waals surface area contributed by atoms with Crippen molar-refractivity contribution in [2.24, 2.45) is 7.05 Å². The van der Waals surface area contributed by atoms with Gasteiger partial charge in [-0.1, -0.05) is 12.1 Å². The molecule has 1 aromatic carbocycles. The molecule has 0 fully saturated rings. The molecular weight excluding hydrogens is 422 g/mol. The van der Waals surface area contributed by atoms with Crippen molar-refractivity contribution in [3.8, 4) is 17.0 Å². The molecule has 0 aliphatic heterocycles. The Morgan fingerprint density at radius 1 is 1.18 bits per heavy atom. The zero-order valence-corrected chi connectivity index (χ0v) is 17.7. The van der Waals surface area contributed by atoms with Crippen molar-refractivity contribution in [2.75, 3.05) is 19.1 Å². The van der Waals surface area contributed by atoms with E-state index in [2.05, 4.69) is 36.0 Å². The number of fused-ring (bicyclic) bond motifs is 1. The average molecular weight is 442 g/mol. The summed E-state index contributed by atoms with van der Waals surface area (Å²) in [6.07, 6.45) is 3.36. The molecule has 4 rings (SSSR count). The SMILES string of the molecule is COc1ccc(CN(C)c2ncnn3c(C)nc(-c4cnn(C)c4Br)c23)cc1. The number of anilines is 1. The summed E-state index contributed by atoms with van der Waals surface area (Å²) in [6.45, 7) is 2.62. The number of hydrogen-bond donors (Lipinski definition) is 0. The van der Waals surface area contributed by atoms with Gasteiger partial charge in [0.2, 0.25) is 0 Å². The second-order valence-corrected chi connectivity index (χ2v) is 7.28. The van der Waals surface area contributed by atoms with Crippen LogP contribution in [-0.4, -0.2) is 43.5 Å². The van der Waals surface area contributed by atoms with Crippen LogP contribution in [0, 0.1) is 6.92 Å². The molecule has 0 saturated carbocycles. The molecule has 8 nitrogen and oxygen atoms in total. The number of rotatable bonds is 5. The van der Waals surface area contributed by atoms with Gasteiger partial charge in [0.05, 0.1) is 18.9 Å². The number of benzene rings is 1. The Morgan fingerprint density at radius 2 is 1.93 bits per heavy atom. The van der Waals surface area contributed by atoms with Crippen molar-refractivity contribution >= 4 is 27.3 Å². The molecule has 0 unspecified atom stereocenters. The Kier molecular flexibility index (Phi) is 4.76. The lowest BCUT2D eigenvalue weighted by Crippen LogP contribution is -2.19. The fourth-order valence-corrected chi connectivity index (χ4v) is 3.57. The number of aryl methyl sites for hydroxylation is 2. The van der Waals surface area contributed by atoms with Crippen LogP contribution in [0.3, 0.4) is 0 Å². The van der Waals surface area contributed by atoms with Crippen molar-refractivity contribution in [3.63, 3.8) is 0 Å². The quantitative estimate of drug-likeness (QED) is 0.473. The van der Waals surface area contributed by atoms with E-state index < -0.39 is 0 Å². The van der Waals surface area contributed by atoms with Crippen LogP contribution >= 0.6 is 15.9 Å². The van der Waals surface area contributed by atoms with E-state index in [0.29, 0.717) is 6.54 Å². The van der Waals surface area contributed by atoms with Gasteiger partial charge < -0.3 is 9.64 Å². The van der Waals surface area contributed by atoms with Gasteiger partial charge in [-0.3, -0.25) is 4.68 Å². The molecule has 0 atom stereocenters. The zero-order chi connectivity index (χ0) is 19.8. The number of nitrogens with zero attached hydrogens (tertiary/aromatic N) is 7. The van der Waals surface area contributed by atoms with E-state index in [9.17, 15) is 0 Å². The third-order valence-electron chi connectivity index (χ3n) is 4.64. The van der Waals surface area contributed by atoms with Crippen LogP contribution < -0.4 is 9.64 Å². The summed E-state index contributed by atoms with van der Waals surface area (Å²) in [5.41, 5.74) is 3.71. The van der Waals surface area contributed by atoms with Crippen LogP contribution in [0.4, 0.5) is 5.82 Å². The van der Waals surface area contributed by atoms with E-state index >= 15 is 0 Å². The minimum atomic E-state index is 0.689. The molecule has 0 N–H and O–H groups in total. The second kappa shape index (κ2) is 7.23. The third-order valence-corrected chi connectivity index (χ3v) is 5.58. The zero-order valence-electron chi connectivity index (χ0n) is 16.1. The number of aromatic nitrogens is 6. The van der Waals surface area contributed by atoms with Gasteiger partial charge in [0.15, 0.2) is 5.82 Å². The van der Waals surface area contributed by atoms with Crippen LogP contribution in [0.2, 0.25) is 0 Å². The molecule has 0 amide bonds. The lowest BCUT2D eigenvalue weighted by molar-refractivity contribution is 0.414. The highest BCUT2D eigenvalue weighted by molar-refractivity contribution is 9.10. The van der Waals surface area contributed by atoms with Crippen LogP contribution in [0.15, 0.2) is 41.4 Å². The molecule has 0 radical (unpaired) electrons. The van der Waals surface area contributed by atoms with E-state index in [0.717, 1.165) is 44.3 Å². The molecule has 0 spiro atoms. The first-order chi connectivity index (χ1) is 13.5. The van der Waals surface area contributed by atoms with Crippen molar-refractivity contribution in [3.05, 3.63) is 52.8 Å². The van der Waals surface area contributed by atoms with Crippen molar-refractivity contribution in [1.82, 2.24) is 29.4 Å². The predicted molar refractivity (Wildman–Crippen MR) is 111 cm³/mol. The van der Waals surface area contributed by atoms with Crippen molar-refractivity contribution in [2.45, 2.75) is 13.5 Å². The van der Waals surface area contributed by atoms with E-state index in [1.165, 1.54) is 0 Å². The second-order valence-electron chi connectivity index (χ2n) is 6.53. The monoisotopic (exact) mass is 441 g/mol. The van der Waals surface area contributed by atoms with Gasteiger partial charge in [0.25, 0.3) is 0 Å². The molecule has 28 heavy (non-hydrogen) atoms. The van der Waals surface area contributed by atoms with E-state index in [1.807, 2.05) is 49.8 Å². The lowest BCUT2D eigenvalue weighted by atomic mass is 10.2. The Hall–Kier alpha value is -2.94. The Morgan fingerprint density at radius 3 is 2.57 bits per heavy atom. The molecule has 3 heterocycles. The van der Waals surface area contributed by atoms with Crippen LogP contribution in [0.1, 0.15) is 11.4 Å². The molecular formula is C19H20BrN7O. The van der Waals surface area contributed by atoms with E-state index in [1.54, 1.807) is 24.3 Å². The largest absolute Gasteiger partial charge is 0.497 e. The average Bonchev–Trinajstić information content (AvgIpc) is 3.22. The Labute approximate surface area is 170 Å². The highest BCUT2D eigenvalue weighted by Crippen LogP contribution is 2.34. The molecule has 0 aliphatic carbocycles. The van der Waals surface area contributed by atoms with Gasteiger partial charge in [-0.25, -0.2) is 14.5 Å². The van der Waals surface area contributed by atoms with Crippen LogP contribution in [0.25, 0.3) is 16.8 Å².